The normalized spacial score (nSPS) is 11.9. The van der Waals surface area contributed by atoms with Crippen molar-refractivity contribution in [1.29, 1.82) is 0 Å². The summed E-state index contributed by atoms with van der Waals surface area (Å²) >= 11 is 0. The molecule has 0 aromatic carbocycles. The molecule has 0 unspecified atom stereocenters. The van der Waals surface area contributed by atoms with E-state index in [4.69, 9.17) is 0 Å². The molecule has 0 atom stereocenters. The van der Waals surface area contributed by atoms with E-state index >= 15 is 0 Å². The van der Waals surface area contributed by atoms with Gasteiger partial charge in [-0.3, -0.25) is 0 Å². The van der Waals surface area contributed by atoms with Gasteiger partial charge in [0.05, 0.1) is 0 Å². The van der Waals surface area contributed by atoms with Gasteiger partial charge in [-0.05, 0) is 66.0 Å². The third-order valence-electron chi connectivity index (χ3n) is 3.48. The zero-order chi connectivity index (χ0) is 15.2. The molecule has 1 heterocycles. The number of nitrogens with zero attached hydrogens (tertiary/aromatic N) is 2. The fraction of sp³-hybridized carbons (Fsp3) is 0.765. The van der Waals surface area contributed by atoms with E-state index < -0.39 is 0 Å². The highest BCUT2D eigenvalue weighted by atomic mass is 14.9. The van der Waals surface area contributed by atoms with Crippen molar-refractivity contribution >= 4 is 0 Å². The molecule has 0 fully saturated rings. The Morgan fingerprint density at radius 1 is 0.950 bits per heavy atom. The largest absolute Gasteiger partial charge is 0.312 e. The quantitative estimate of drug-likeness (QED) is 0.771. The molecule has 1 rings (SSSR count). The number of rotatable bonds is 7. The van der Waals surface area contributed by atoms with E-state index in [-0.39, 0.29) is 5.54 Å². The van der Waals surface area contributed by atoms with Crippen molar-refractivity contribution in [1.82, 2.24) is 15.3 Å². The molecule has 3 heteroatoms. The summed E-state index contributed by atoms with van der Waals surface area (Å²) in [6.07, 6.45) is 5.57. The molecule has 1 aromatic heterocycles. The highest BCUT2D eigenvalue weighted by Crippen LogP contribution is 2.14. The van der Waals surface area contributed by atoms with Gasteiger partial charge in [-0.15, -0.1) is 0 Å². The molecule has 114 valence electrons. The first-order chi connectivity index (χ1) is 9.33. The SMILES string of the molecule is CCCCc1nc(C)c(CCCNC(C)(C)C)c(C)n1. The Labute approximate surface area is 124 Å². The van der Waals surface area contributed by atoms with Crippen LogP contribution in [0.3, 0.4) is 0 Å². The van der Waals surface area contributed by atoms with Gasteiger partial charge >= 0.3 is 0 Å². The van der Waals surface area contributed by atoms with Gasteiger partial charge in [0.15, 0.2) is 0 Å². The first-order valence-electron chi connectivity index (χ1n) is 7.91. The van der Waals surface area contributed by atoms with E-state index in [2.05, 4.69) is 56.8 Å². The molecular formula is C17H31N3. The lowest BCUT2D eigenvalue weighted by Gasteiger charge is -2.20. The molecule has 20 heavy (non-hydrogen) atoms. The molecule has 0 aliphatic rings. The van der Waals surface area contributed by atoms with Crippen LogP contribution in [0.15, 0.2) is 0 Å². The predicted molar refractivity (Wildman–Crippen MR) is 86.2 cm³/mol. The predicted octanol–water partition coefficient (Wildman–Crippen LogP) is 3.76. The zero-order valence-electron chi connectivity index (χ0n) is 14.1. The highest BCUT2D eigenvalue weighted by molar-refractivity contribution is 5.24. The Kier molecular flexibility index (Phi) is 6.60. The lowest BCUT2D eigenvalue weighted by Crippen LogP contribution is -2.36. The minimum atomic E-state index is 0.199. The summed E-state index contributed by atoms with van der Waals surface area (Å²) in [5.41, 5.74) is 3.87. The Bertz CT molecular complexity index is 396. The lowest BCUT2D eigenvalue weighted by atomic mass is 10.0. The van der Waals surface area contributed by atoms with Crippen LogP contribution in [0.25, 0.3) is 0 Å². The second kappa shape index (κ2) is 7.72. The first-order valence-corrected chi connectivity index (χ1v) is 7.91. The Balaban J connectivity index is 2.58. The summed E-state index contributed by atoms with van der Waals surface area (Å²) in [5.74, 6) is 1.01. The van der Waals surface area contributed by atoms with Crippen LogP contribution in [0.1, 0.15) is 69.7 Å². The molecule has 1 N–H and O–H groups in total. The van der Waals surface area contributed by atoms with Crippen molar-refractivity contribution in [3.63, 3.8) is 0 Å². The summed E-state index contributed by atoms with van der Waals surface area (Å²) in [5, 5.41) is 3.53. The van der Waals surface area contributed by atoms with Gasteiger partial charge in [0.1, 0.15) is 5.82 Å². The molecule has 0 bridgehead atoms. The molecule has 0 radical (unpaired) electrons. The van der Waals surface area contributed by atoms with Gasteiger partial charge < -0.3 is 5.32 Å². The summed E-state index contributed by atoms with van der Waals surface area (Å²) in [7, 11) is 0. The number of aromatic nitrogens is 2. The average molecular weight is 277 g/mol. The smallest absolute Gasteiger partial charge is 0.128 e. The van der Waals surface area contributed by atoms with E-state index in [0.717, 1.165) is 31.6 Å². The Hall–Kier alpha value is -0.960. The van der Waals surface area contributed by atoms with Gasteiger partial charge in [0, 0.05) is 23.3 Å². The summed E-state index contributed by atoms with van der Waals surface area (Å²) in [6.45, 7) is 14.1. The van der Waals surface area contributed by atoms with Crippen LogP contribution in [0.2, 0.25) is 0 Å². The van der Waals surface area contributed by atoms with E-state index in [1.54, 1.807) is 0 Å². The third-order valence-corrected chi connectivity index (χ3v) is 3.48. The van der Waals surface area contributed by atoms with E-state index in [1.807, 2.05) is 0 Å². The summed E-state index contributed by atoms with van der Waals surface area (Å²) in [6, 6.07) is 0. The van der Waals surface area contributed by atoms with Gasteiger partial charge in [-0.25, -0.2) is 9.97 Å². The fourth-order valence-electron chi connectivity index (χ4n) is 2.35. The maximum absolute atomic E-state index is 4.67. The molecule has 0 aliphatic heterocycles. The second-order valence-corrected chi connectivity index (χ2v) is 6.67. The van der Waals surface area contributed by atoms with Gasteiger partial charge in [0.25, 0.3) is 0 Å². The lowest BCUT2D eigenvalue weighted by molar-refractivity contribution is 0.422. The van der Waals surface area contributed by atoms with Crippen LogP contribution in [-0.4, -0.2) is 22.1 Å². The van der Waals surface area contributed by atoms with Crippen molar-refractivity contribution in [2.75, 3.05) is 6.54 Å². The van der Waals surface area contributed by atoms with E-state index in [0.29, 0.717) is 0 Å². The summed E-state index contributed by atoms with van der Waals surface area (Å²) in [4.78, 5) is 9.33. The van der Waals surface area contributed by atoms with Crippen molar-refractivity contribution in [2.24, 2.45) is 0 Å². The maximum Gasteiger partial charge on any atom is 0.128 e. The average Bonchev–Trinajstić information content (AvgIpc) is 2.33. The van der Waals surface area contributed by atoms with Crippen molar-refractivity contribution in [3.8, 4) is 0 Å². The van der Waals surface area contributed by atoms with Crippen LogP contribution in [-0.2, 0) is 12.8 Å². The van der Waals surface area contributed by atoms with Crippen LogP contribution in [0.4, 0.5) is 0 Å². The first kappa shape index (κ1) is 17.1. The van der Waals surface area contributed by atoms with Crippen molar-refractivity contribution in [3.05, 3.63) is 22.8 Å². The van der Waals surface area contributed by atoms with Gasteiger partial charge in [-0.1, -0.05) is 13.3 Å². The Morgan fingerprint density at radius 2 is 1.55 bits per heavy atom. The topological polar surface area (TPSA) is 37.8 Å². The standard InChI is InChI=1S/C17H31N3/c1-7-8-11-16-19-13(2)15(14(3)20-16)10-9-12-18-17(4,5)6/h18H,7-12H2,1-6H3. The number of unbranched alkanes of at least 4 members (excludes halogenated alkanes) is 1. The van der Waals surface area contributed by atoms with Gasteiger partial charge in [0.2, 0.25) is 0 Å². The number of hydrogen-bond donors (Lipinski definition) is 1. The van der Waals surface area contributed by atoms with Crippen LogP contribution >= 0.6 is 0 Å². The third kappa shape index (κ3) is 6.00. The molecule has 0 spiro atoms. The molecule has 0 saturated carbocycles. The molecule has 0 aliphatic carbocycles. The highest BCUT2D eigenvalue weighted by Gasteiger charge is 2.10. The molecule has 1 aromatic rings. The molecule has 0 saturated heterocycles. The number of aryl methyl sites for hydroxylation is 3. The van der Waals surface area contributed by atoms with E-state index in [9.17, 15) is 0 Å². The fourth-order valence-corrected chi connectivity index (χ4v) is 2.35. The van der Waals surface area contributed by atoms with Gasteiger partial charge in [-0.2, -0.15) is 0 Å². The summed E-state index contributed by atoms with van der Waals surface area (Å²) < 4.78 is 0. The zero-order valence-corrected chi connectivity index (χ0v) is 14.1. The van der Waals surface area contributed by atoms with Crippen molar-refractivity contribution in [2.45, 2.75) is 79.2 Å². The number of hydrogen-bond acceptors (Lipinski definition) is 3. The number of nitrogens with one attached hydrogen (secondary N) is 1. The van der Waals surface area contributed by atoms with Crippen LogP contribution < -0.4 is 5.32 Å². The van der Waals surface area contributed by atoms with Crippen LogP contribution in [0, 0.1) is 13.8 Å². The molecule has 3 nitrogen and oxygen atoms in total. The minimum absolute atomic E-state index is 0.199. The maximum atomic E-state index is 4.67. The molecular weight excluding hydrogens is 246 g/mol. The second-order valence-electron chi connectivity index (χ2n) is 6.67. The van der Waals surface area contributed by atoms with Crippen LogP contribution in [0.5, 0.6) is 0 Å². The van der Waals surface area contributed by atoms with Crippen molar-refractivity contribution < 1.29 is 0 Å². The minimum Gasteiger partial charge on any atom is -0.312 e. The monoisotopic (exact) mass is 277 g/mol. The molecule has 0 amide bonds. The van der Waals surface area contributed by atoms with E-state index in [1.165, 1.54) is 29.8 Å². The Morgan fingerprint density at radius 3 is 2.05 bits per heavy atom.